The van der Waals surface area contributed by atoms with E-state index < -0.39 is 5.91 Å². The number of amides is 1. The molecule has 0 atom stereocenters. The van der Waals surface area contributed by atoms with E-state index in [4.69, 9.17) is 9.47 Å². The summed E-state index contributed by atoms with van der Waals surface area (Å²) in [6, 6.07) is 29.0. The fourth-order valence-electron chi connectivity index (χ4n) is 3.99. The lowest BCUT2D eigenvalue weighted by Crippen LogP contribution is -2.13. The molecule has 178 valence electrons. The minimum atomic E-state index is -0.482. The third-order valence-electron chi connectivity index (χ3n) is 5.70. The number of nitrogens with zero attached hydrogens (tertiary/aromatic N) is 1. The number of rotatable bonds is 9. The summed E-state index contributed by atoms with van der Waals surface area (Å²) >= 11 is 0. The number of carbonyl (C=O) groups excluding carboxylic acids is 1. The Balaban J connectivity index is 1.64. The van der Waals surface area contributed by atoms with E-state index in [2.05, 4.69) is 30.1 Å². The number of allylic oxidation sites excluding steroid dienone is 1. The van der Waals surface area contributed by atoms with Crippen LogP contribution in [0.1, 0.15) is 16.7 Å². The van der Waals surface area contributed by atoms with Gasteiger partial charge in [0, 0.05) is 11.3 Å². The molecule has 5 heteroatoms. The molecule has 0 fully saturated rings. The first-order chi connectivity index (χ1) is 17.6. The number of anilines is 1. The number of carbonyl (C=O) groups is 1. The summed E-state index contributed by atoms with van der Waals surface area (Å²) in [6.07, 6.45) is 3.85. The third-order valence-corrected chi connectivity index (χ3v) is 5.70. The largest absolute Gasteiger partial charge is 0.493 e. The maximum atomic E-state index is 12.7. The summed E-state index contributed by atoms with van der Waals surface area (Å²) in [4.78, 5) is 12.7. The molecule has 0 heterocycles. The molecule has 0 aliphatic rings. The number of para-hydroxylation sites is 1. The highest BCUT2D eigenvalue weighted by Crippen LogP contribution is 2.35. The molecule has 36 heavy (non-hydrogen) atoms. The van der Waals surface area contributed by atoms with Crippen molar-refractivity contribution in [2.75, 3.05) is 12.4 Å². The maximum Gasteiger partial charge on any atom is 0.266 e. The summed E-state index contributed by atoms with van der Waals surface area (Å²) in [5.41, 5.74) is 3.16. The minimum absolute atomic E-state index is 0.0186. The van der Waals surface area contributed by atoms with Gasteiger partial charge < -0.3 is 14.8 Å². The van der Waals surface area contributed by atoms with Gasteiger partial charge in [0.2, 0.25) is 0 Å². The first-order valence-electron chi connectivity index (χ1n) is 11.5. The Hall–Kier alpha value is -4.82. The Morgan fingerprint density at radius 1 is 1.00 bits per heavy atom. The zero-order valence-corrected chi connectivity index (χ0v) is 20.0. The van der Waals surface area contributed by atoms with Crippen molar-refractivity contribution in [2.24, 2.45) is 0 Å². The molecule has 0 radical (unpaired) electrons. The Bertz CT molecular complexity index is 1460. The van der Waals surface area contributed by atoms with Gasteiger partial charge >= 0.3 is 0 Å². The Morgan fingerprint density at radius 3 is 2.50 bits per heavy atom. The van der Waals surface area contributed by atoms with E-state index in [1.807, 2.05) is 54.6 Å². The van der Waals surface area contributed by atoms with Gasteiger partial charge in [-0.2, -0.15) is 5.26 Å². The van der Waals surface area contributed by atoms with E-state index in [0.29, 0.717) is 35.8 Å². The summed E-state index contributed by atoms with van der Waals surface area (Å²) < 4.78 is 11.9. The van der Waals surface area contributed by atoms with Crippen LogP contribution in [0, 0.1) is 11.3 Å². The fourth-order valence-corrected chi connectivity index (χ4v) is 3.99. The molecule has 1 amide bonds. The SMILES string of the molecule is C=CCc1cc(/C=C(\C#N)C(=O)Nc2ccccc2)cc(OC)c1OCc1cccc2ccccc12. The zero-order valence-electron chi connectivity index (χ0n) is 20.0. The van der Waals surface area contributed by atoms with E-state index in [0.717, 1.165) is 21.9 Å². The Kier molecular flexibility index (Phi) is 7.80. The monoisotopic (exact) mass is 474 g/mol. The molecule has 0 aliphatic carbocycles. The normalized spacial score (nSPS) is 10.9. The van der Waals surface area contributed by atoms with Crippen LogP contribution in [0.3, 0.4) is 0 Å². The number of ether oxygens (including phenoxy) is 2. The summed E-state index contributed by atoms with van der Waals surface area (Å²) in [6.45, 7) is 4.23. The zero-order chi connectivity index (χ0) is 25.3. The number of methoxy groups -OCH3 is 1. The van der Waals surface area contributed by atoms with Crippen LogP contribution in [0.2, 0.25) is 0 Å². The highest BCUT2D eigenvalue weighted by molar-refractivity contribution is 6.09. The van der Waals surface area contributed by atoms with E-state index in [9.17, 15) is 10.1 Å². The lowest BCUT2D eigenvalue weighted by Gasteiger charge is -2.17. The highest BCUT2D eigenvalue weighted by atomic mass is 16.5. The van der Waals surface area contributed by atoms with Crippen LogP contribution in [-0.2, 0) is 17.8 Å². The van der Waals surface area contributed by atoms with Crippen molar-refractivity contribution in [2.45, 2.75) is 13.0 Å². The van der Waals surface area contributed by atoms with Crippen LogP contribution in [0.4, 0.5) is 5.69 Å². The molecular weight excluding hydrogens is 448 g/mol. The average Bonchev–Trinajstić information content (AvgIpc) is 2.91. The van der Waals surface area contributed by atoms with Crippen molar-refractivity contribution in [1.82, 2.24) is 0 Å². The lowest BCUT2D eigenvalue weighted by atomic mass is 10.0. The molecular formula is C31H26N2O3. The van der Waals surface area contributed by atoms with Crippen molar-refractivity contribution in [3.63, 3.8) is 0 Å². The molecule has 0 aliphatic heterocycles. The van der Waals surface area contributed by atoms with Crippen LogP contribution in [-0.4, -0.2) is 13.0 Å². The summed E-state index contributed by atoms with van der Waals surface area (Å²) in [5, 5.41) is 14.7. The third kappa shape index (κ3) is 5.63. The molecule has 4 rings (SSSR count). The first-order valence-corrected chi connectivity index (χ1v) is 11.5. The molecule has 4 aromatic carbocycles. The molecule has 4 aromatic rings. The van der Waals surface area contributed by atoms with Crippen molar-refractivity contribution < 1.29 is 14.3 Å². The molecule has 0 saturated heterocycles. The fraction of sp³-hybridized carbons (Fsp3) is 0.0968. The van der Waals surface area contributed by atoms with Crippen LogP contribution in [0.5, 0.6) is 11.5 Å². The summed E-state index contributed by atoms with van der Waals surface area (Å²) in [7, 11) is 1.57. The van der Waals surface area contributed by atoms with Gasteiger partial charge in [0.15, 0.2) is 11.5 Å². The van der Waals surface area contributed by atoms with Gasteiger partial charge in [-0.25, -0.2) is 0 Å². The highest BCUT2D eigenvalue weighted by Gasteiger charge is 2.15. The molecule has 5 nitrogen and oxygen atoms in total. The second-order valence-corrected chi connectivity index (χ2v) is 8.12. The van der Waals surface area contributed by atoms with Crippen LogP contribution in [0.15, 0.2) is 103 Å². The van der Waals surface area contributed by atoms with Gasteiger partial charge in [0.1, 0.15) is 18.2 Å². The van der Waals surface area contributed by atoms with E-state index >= 15 is 0 Å². The summed E-state index contributed by atoms with van der Waals surface area (Å²) in [5.74, 6) is 0.639. The minimum Gasteiger partial charge on any atom is -0.493 e. The molecule has 0 unspecified atom stereocenters. The van der Waals surface area contributed by atoms with Crippen molar-refractivity contribution in [3.05, 3.63) is 120 Å². The van der Waals surface area contributed by atoms with Gasteiger partial charge in [0.25, 0.3) is 5.91 Å². The Labute approximate surface area is 210 Å². The standard InChI is InChI=1S/C31H26N2O3/c1-3-10-24-17-22(18-26(20-32)31(34)33-27-14-5-4-6-15-27)19-29(35-2)30(24)36-21-25-13-9-12-23-11-7-8-16-28(23)25/h3-9,11-19H,1,10,21H2,2H3,(H,33,34)/b26-18+. The van der Waals surface area contributed by atoms with Crippen molar-refractivity contribution >= 4 is 28.4 Å². The van der Waals surface area contributed by atoms with Gasteiger partial charge in [-0.15, -0.1) is 6.58 Å². The molecule has 0 spiro atoms. The smallest absolute Gasteiger partial charge is 0.266 e. The van der Waals surface area contributed by atoms with Gasteiger partial charge in [-0.05, 0) is 58.7 Å². The quantitative estimate of drug-likeness (QED) is 0.166. The molecule has 0 saturated carbocycles. The number of nitriles is 1. The molecule has 0 bridgehead atoms. The van der Waals surface area contributed by atoms with Crippen molar-refractivity contribution in [3.8, 4) is 17.6 Å². The van der Waals surface area contributed by atoms with Crippen LogP contribution >= 0.6 is 0 Å². The Morgan fingerprint density at radius 2 is 1.75 bits per heavy atom. The van der Waals surface area contributed by atoms with Gasteiger partial charge in [-0.3, -0.25) is 4.79 Å². The number of benzene rings is 4. The number of hydrogen-bond donors (Lipinski definition) is 1. The van der Waals surface area contributed by atoms with Gasteiger partial charge in [0.05, 0.1) is 7.11 Å². The maximum absolute atomic E-state index is 12.7. The van der Waals surface area contributed by atoms with E-state index in [-0.39, 0.29) is 5.57 Å². The predicted octanol–water partition coefficient (Wildman–Crippen LogP) is 6.70. The lowest BCUT2D eigenvalue weighted by molar-refractivity contribution is -0.112. The second kappa shape index (κ2) is 11.5. The number of hydrogen-bond acceptors (Lipinski definition) is 4. The molecule has 0 aromatic heterocycles. The van der Waals surface area contributed by atoms with Crippen molar-refractivity contribution in [1.29, 1.82) is 5.26 Å². The molecule has 1 N–H and O–H groups in total. The van der Waals surface area contributed by atoms with Gasteiger partial charge in [-0.1, -0.05) is 66.7 Å². The first kappa shape index (κ1) is 24.3. The second-order valence-electron chi connectivity index (χ2n) is 8.12. The number of nitrogens with one attached hydrogen (secondary N) is 1. The topological polar surface area (TPSA) is 71.4 Å². The number of fused-ring (bicyclic) bond motifs is 1. The van der Waals surface area contributed by atoms with Crippen LogP contribution in [0.25, 0.3) is 16.8 Å². The average molecular weight is 475 g/mol. The van der Waals surface area contributed by atoms with E-state index in [1.165, 1.54) is 0 Å². The van der Waals surface area contributed by atoms with E-state index in [1.54, 1.807) is 37.5 Å². The van der Waals surface area contributed by atoms with Crippen LogP contribution < -0.4 is 14.8 Å². The predicted molar refractivity (Wildman–Crippen MR) is 144 cm³/mol.